The maximum absolute atomic E-state index is 12.7. The second-order valence-electron chi connectivity index (χ2n) is 6.88. The van der Waals surface area contributed by atoms with Gasteiger partial charge in [-0.1, -0.05) is 35.3 Å². The first-order chi connectivity index (χ1) is 14.9. The van der Waals surface area contributed by atoms with Crippen molar-refractivity contribution in [3.63, 3.8) is 0 Å². The molecular formula is C19H17Cl2N7O3. The summed E-state index contributed by atoms with van der Waals surface area (Å²) in [6.45, 7) is 1.71. The van der Waals surface area contributed by atoms with E-state index in [0.717, 1.165) is 0 Å². The van der Waals surface area contributed by atoms with Gasteiger partial charge in [-0.3, -0.25) is 14.9 Å². The molecule has 160 valence electrons. The summed E-state index contributed by atoms with van der Waals surface area (Å²) in [5.41, 5.74) is 1.08. The molecular weight excluding hydrogens is 445 g/mol. The number of rotatable bonds is 5. The van der Waals surface area contributed by atoms with E-state index in [4.69, 9.17) is 23.2 Å². The van der Waals surface area contributed by atoms with E-state index in [1.54, 1.807) is 35.2 Å². The van der Waals surface area contributed by atoms with Crippen LogP contribution in [0.5, 0.6) is 0 Å². The molecule has 10 nitrogen and oxygen atoms in total. The minimum Gasteiger partial charge on any atom is -0.362 e. The van der Waals surface area contributed by atoms with Crippen molar-refractivity contribution < 1.29 is 9.72 Å². The average Bonchev–Trinajstić information content (AvgIpc) is 3.22. The van der Waals surface area contributed by atoms with Crippen LogP contribution in [0.3, 0.4) is 0 Å². The number of carbonyl (C=O) groups is 1. The normalized spacial score (nSPS) is 14.0. The Bertz CT molecular complexity index is 1130. The quantitative estimate of drug-likeness (QED) is 0.424. The lowest BCUT2D eigenvalue weighted by Crippen LogP contribution is -2.49. The third-order valence-electron chi connectivity index (χ3n) is 4.95. The standard InChI is InChI=1S/C19H17Cl2N7O3/c20-13-5-6-16(17(11-13)28(30)31)25-7-9-26(10-8-25)18(29)12-27-23-19(22-24-27)14-3-1-2-4-15(14)21/h1-6,11H,7-10,12H2. The van der Waals surface area contributed by atoms with Crippen LogP contribution in [-0.4, -0.2) is 62.1 Å². The lowest BCUT2D eigenvalue weighted by molar-refractivity contribution is -0.384. The van der Waals surface area contributed by atoms with E-state index in [9.17, 15) is 14.9 Å². The highest BCUT2D eigenvalue weighted by molar-refractivity contribution is 6.33. The number of nitro groups is 1. The second kappa shape index (κ2) is 8.86. The van der Waals surface area contributed by atoms with Crippen LogP contribution < -0.4 is 4.90 Å². The number of carbonyl (C=O) groups excluding carboxylic acids is 1. The SMILES string of the molecule is O=C(Cn1nnc(-c2ccccc2Cl)n1)N1CCN(c2ccc(Cl)cc2[N+](=O)[O-])CC1. The number of nitrogens with zero attached hydrogens (tertiary/aromatic N) is 7. The summed E-state index contributed by atoms with van der Waals surface area (Å²) >= 11 is 12.0. The molecule has 31 heavy (non-hydrogen) atoms. The highest BCUT2D eigenvalue weighted by Crippen LogP contribution is 2.31. The molecule has 12 heteroatoms. The zero-order valence-corrected chi connectivity index (χ0v) is 17.7. The lowest BCUT2D eigenvalue weighted by Gasteiger charge is -2.35. The van der Waals surface area contributed by atoms with Gasteiger partial charge < -0.3 is 9.80 Å². The van der Waals surface area contributed by atoms with E-state index in [0.29, 0.717) is 53.3 Å². The van der Waals surface area contributed by atoms with Crippen LogP contribution in [0.25, 0.3) is 11.4 Å². The smallest absolute Gasteiger partial charge is 0.294 e. The highest BCUT2D eigenvalue weighted by atomic mass is 35.5. The van der Waals surface area contributed by atoms with Crippen LogP contribution in [0, 0.1) is 10.1 Å². The van der Waals surface area contributed by atoms with Gasteiger partial charge >= 0.3 is 0 Å². The number of aromatic nitrogens is 4. The van der Waals surface area contributed by atoms with Crippen molar-refractivity contribution in [2.24, 2.45) is 0 Å². The zero-order valence-electron chi connectivity index (χ0n) is 16.2. The van der Waals surface area contributed by atoms with Crippen molar-refractivity contribution in [2.45, 2.75) is 6.54 Å². The van der Waals surface area contributed by atoms with Crippen LogP contribution >= 0.6 is 23.2 Å². The molecule has 1 aromatic heterocycles. The second-order valence-corrected chi connectivity index (χ2v) is 7.72. The maximum Gasteiger partial charge on any atom is 0.294 e. The molecule has 0 atom stereocenters. The van der Waals surface area contributed by atoms with Crippen molar-refractivity contribution in [1.82, 2.24) is 25.1 Å². The summed E-state index contributed by atoms with van der Waals surface area (Å²) in [5, 5.41) is 24.3. The minimum atomic E-state index is -0.453. The zero-order chi connectivity index (χ0) is 22.0. The van der Waals surface area contributed by atoms with Gasteiger partial charge in [-0.2, -0.15) is 4.80 Å². The highest BCUT2D eigenvalue weighted by Gasteiger charge is 2.26. The number of hydrogen-bond acceptors (Lipinski definition) is 7. The minimum absolute atomic E-state index is 0.0498. The summed E-state index contributed by atoms with van der Waals surface area (Å²) in [6, 6.07) is 11.7. The summed E-state index contributed by atoms with van der Waals surface area (Å²) in [7, 11) is 0. The van der Waals surface area contributed by atoms with Gasteiger partial charge in [0.25, 0.3) is 5.69 Å². The number of anilines is 1. The fraction of sp³-hybridized carbons (Fsp3) is 0.263. The van der Waals surface area contributed by atoms with Gasteiger partial charge in [-0.15, -0.1) is 10.2 Å². The molecule has 0 aliphatic carbocycles. The topological polar surface area (TPSA) is 110 Å². The summed E-state index contributed by atoms with van der Waals surface area (Å²) < 4.78 is 0. The van der Waals surface area contributed by atoms with E-state index >= 15 is 0 Å². The fourth-order valence-electron chi connectivity index (χ4n) is 3.39. The number of piperazine rings is 1. The molecule has 3 aromatic rings. The van der Waals surface area contributed by atoms with Gasteiger partial charge in [-0.05, 0) is 29.5 Å². The van der Waals surface area contributed by atoms with Gasteiger partial charge in [0.1, 0.15) is 12.2 Å². The average molecular weight is 462 g/mol. The summed E-state index contributed by atoms with van der Waals surface area (Å²) in [5.74, 6) is 0.187. The Hall–Kier alpha value is -3.24. The van der Waals surface area contributed by atoms with Crippen molar-refractivity contribution in [2.75, 3.05) is 31.1 Å². The van der Waals surface area contributed by atoms with Crippen LogP contribution in [0.15, 0.2) is 42.5 Å². The van der Waals surface area contributed by atoms with Crippen LogP contribution in [0.1, 0.15) is 0 Å². The van der Waals surface area contributed by atoms with Gasteiger partial charge in [0.2, 0.25) is 11.7 Å². The molecule has 0 N–H and O–H groups in total. The van der Waals surface area contributed by atoms with Gasteiger partial charge in [0.15, 0.2) is 0 Å². The first-order valence-electron chi connectivity index (χ1n) is 9.42. The molecule has 1 fully saturated rings. The molecule has 0 spiro atoms. The maximum atomic E-state index is 12.7. The molecule has 0 radical (unpaired) electrons. The first kappa shape index (κ1) is 21.0. The Morgan fingerprint density at radius 1 is 1.10 bits per heavy atom. The predicted octanol–water partition coefficient (Wildman–Crippen LogP) is 2.90. The van der Waals surface area contributed by atoms with E-state index in [-0.39, 0.29) is 18.1 Å². The summed E-state index contributed by atoms with van der Waals surface area (Å²) in [6.07, 6.45) is 0. The molecule has 1 saturated heterocycles. The Balaban J connectivity index is 1.39. The number of amides is 1. The molecule has 2 aromatic carbocycles. The molecule has 0 unspecified atom stereocenters. The molecule has 1 aliphatic heterocycles. The van der Waals surface area contributed by atoms with E-state index in [2.05, 4.69) is 15.4 Å². The van der Waals surface area contributed by atoms with Crippen LogP contribution in [-0.2, 0) is 11.3 Å². The van der Waals surface area contributed by atoms with E-state index < -0.39 is 4.92 Å². The molecule has 2 heterocycles. The van der Waals surface area contributed by atoms with Crippen molar-refractivity contribution in [3.05, 3.63) is 62.6 Å². The summed E-state index contributed by atoms with van der Waals surface area (Å²) in [4.78, 5) is 28.3. The number of tetrazole rings is 1. The number of halogens is 2. The van der Waals surface area contributed by atoms with E-state index in [1.165, 1.54) is 10.9 Å². The molecule has 1 amide bonds. The molecule has 0 saturated carbocycles. The Morgan fingerprint density at radius 3 is 2.55 bits per heavy atom. The fourth-order valence-corrected chi connectivity index (χ4v) is 3.78. The van der Waals surface area contributed by atoms with Crippen LogP contribution in [0.4, 0.5) is 11.4 Å². The third kappa shape index (κ3) is 4.59. The van der Waals surface area contributed by atoms with Crippen LogP contribution in [0.2, 0.25) is 10.0 Å². The Labute approximate surface area is 187 Å². The largest absolute Gasteiger partial charge is 0.362 e. The van der Waals surface area contributed by atoms with Gasteiger partial charge in [-0.25, -0.2) is 0 Å². The van der Waals surface area contributed by atoms with Gasteiger partial charge in [0.05, 0.1) is 9.95 Å². The van der Waals surface area contributed by atoms with Gasteiger partial charge in [0, 0.05) is 42.8 Å². The lowest BCUT2D eigenvalue weighted by atomic mass is 10.2. The Morgan fingerprint density at radius 2 is 1.84 bits per heavy atom. The van der Waals surface area contributed by atoms with E-state index in [1.807, 2.05) is 11.0 Å². The molecule has 4 rings (SSSR count). The first-order valence-corrected chi connectivity index (χ1v) is 10.2. The van der Waals surface area contributed by atoms with Crippen molar-refractivity contribution in [1.29, 1.82) is 0 Å². The van der Waals surface area contributed by atoms with Crippen molar-refractivity contribution >= 4 is 40.5 Å². The monoisotopic (exact) mass is 461 g/mol. The van der Waals surface area contributed by atoms with Crippen molar-refractivity contribution in [3.8, 4) is 11.4 Å². The number of benzene rings is 2. The molecule has 1 aliphatic rings. The third-order valence-corrected chi connectivity index (χ3v) is 5.52. The molecule has 0 bridgehead atoms. The Kier molecular flexibility index (Phi) is 6.01. The number of nitro benzene ring substituents is 1. The predicted molar refractivity (Wildman–Crippen MR) is 115 cm³/mol. The number of hydrogen-bond donors (Lipinski definition) is 0.